The smallest absolute Gasteiger partial charge is 0.251 e. The fourth-order valence-electron chi connectivity index (χ4n) is 2.98. The van der Waals surface area contributed by atoms with Gasteiger partial charge in [-0.15, -0.1) is 0 Å². The van der Waals surface area contributed by atoms with Crippen LogP contribution in [0.5, 0.6) is 0 Å². The number of carbonyl (C=O) groups is 1. The van der Waals surface area contributed by atoms with Gasteiger partial charge in [-0.1, -0.05) is 41.4 Å². The number of rotatable bonds is 9. The molecule has 0 unspecified atom stereocenters. The lowest BCUT2D eigenvalue weighted by molar-refractivity contribution is 0.0952. The molecule has 0 atom stereocenters. The first-order chi connectivity index (χ1) is 14.8. The van der Waals surface area contributed by atoms with Crippen LogP contribution in [0.4, 0.5) is 5.69 Å². The predicted octanol–water partition coefficient (Wildman–Crippen LogP) is 3.98. The number of nitrogens with zero attached hydrogens (tertiary/aromatic N) is 3. The average Bonchev–Trinajstić information content (AvgIpc) is 3.25. The SMILES string of the molecule is CS(=O)(=O)N(Cc1ccc(C(=O)NCCCn2ccnc2)cc1)c1cccc(Cl)c1Cl. The van der Waals surface area contributed by atoms with Gasteiger partial charge in [0.2, 0.25) is 10.0 Å². The van der Waals surface area contributed by atoms with E-state index in [4.69, 9.17) is 23.2 Å². The Morgan fingerprint density at radius 3 is 2.55 bits per heavy atom. The standard InChI is InChI=1S/C21H22Cl2N4O3S/c1-31(29,30)27(19-5-2-4-18(22)20(19)23)14-16-6-8-17(9-7-16)21(28)25-10-3-12-26-13-11-24-15-26/h2,4-9,11,13,15H,3,10,12,14H2,1H3,(H,25,28). The van der Waals surface area contributed by atoms with Crippen molar-refractivity contribution in [3.05, 3.63) is 82.4 Å². The number of aromatic nitrogens is 2. The van der Waals surface area contributed by atoms with Gasteiger partial charge in [-0.2, -0.15) is 0 Å². The van der Waals surface area contributed by atoms with Crippen molar-refractivity contribution in [1.82, 2.24) is 14.9 Å². The van der Waals surface area contributed by atoms with Gasteiger partial charge in [0.15, 0.2) is 0 Å². The van der Waals surface area contributed by atoms with Crippen LogP contribution in [0, 0.1) is 0 Å². The van der Waals surface area contributed by atoms with Gasteiger partial charge in [-0.25, -0.2) is 13.4 Å². The summed E-state index contributed by atoms with van der Waals surface area (Å²) in [6.45, 7) is 1.37. The topological polar surface area (TPSA) is 84.3 Å². The monoisotopic (exact) mass is 480 g/mol. The quantitative estimate of drug-likeness (QED) is 0.469. The van der Waals surface area contributed by atoms with E-state index in [2.05, 4.69) is 10.3 Å². The van der Waals surface area contributed by atoms with Crippen LogP contribution in [0.2, 0.25) is 10.0 Å². The van der Waals surface area contributed by atoms with Gasteiger partial charge >= 0.3 is 0 Å². The number of aryl methyl sites for hydroxylation is 1. The van der Waals surface area contributed by atoms with Crippen LogP contribution in [-0.2, 0) is 23.1 Å². The first-order valence-electron chi connectivity index (χ1n) is 9.50. The molecule has 0 radical (unpaired) electrons. The highest BCUT2D eigenvalue weighted by molar-refractivity contribution is 7.92. The highest BCUT2D eigenvalue weighted by Gasteiger charge is 2.21. The molecule has 1 aromatic heterocycles. The van der Waals surface area contributed by atoms with Crippen LogP contribution in [0.15, 0.2) is 61.2 Å². The third kappa shape index (κ3) is 6.22. The molecule has 0 bridgehead atoms. The Balaban J connectivity index is 1.64. The summed E-state index contributed by atoms with van der Waals surface area (Å²) in [5, 5.41) is 3.31. The van der Waals surface area contributed by atoms with Crippen molar-refractivity contribution in [2.24, 2.45) is 0 Å². The lowest BCUT2D eigenvalue weighted by atomic mass is 10.1. The Labute approximate surface area is 191 Å². The summed E-state index contributed by atoms with van der Waals surface area (Å²) in [5.74, 6) is -0.185. The van der Waals surface area contributed by atoms with Crippen LogP contribution in [-0.4, -0.2) is 36.7 Å². The largest absolute Gasteiger partial charge is 0.352 e. The van der Waals surface area contributed by atoms with Crippen molar-refractivity contribution >= 4 is 44.8 Å². The molecule has 0 saturated carbocycles. The Kier molecular flexibility index (Phi) is 7.59. The molecule has 10 heteroatoms. The van der Waals surface area contributed by atoms with Crippen molar-refractivity contribution in [3.63, 3.8) is 0 Å². The first-order valence-corrected chi connectivity index (χ1v) is 12.1. The van der Waals surface area contributed by atoms with Crippen LogP contribution < -0.4 is 9.62 Å². The second-order valence-electron chi connectivity index (χ2n) is 6.95. The van der Waals surface area contributed by atoms with Crippen molar-refractivity contribution in [2.45, 2.75) is 19.5 Å². The van der Waals surface area contributed by atoms with Gasteiger partial charge in [-0.3, -0.25) is 9.10 Å². The molecule has 1 heterocycles. The third-order valence-corrected chi connectivity index (χ3v) is 6.52. The molecule has 0 spiro atoms. The van der Waals surface area contributed by atoms with E-state index < -0.39 is 10.0 Å². The average molecular weight is 481 g/mol. The first kappa shape index (κ1) is 23.1. The van der Waals surface area contributed by atoms with Crippen LogP contribution >= 0.6 is 23.2 Å². The fraction of sp³-hybridized carbons (Fsp3) is 0.238. The van der Waals surface area contributed by atoms with Crippen LogP contribution in [0.3, 0.4) is 0 Å². The highest BCUT2D eigenvalue weighted by Crippen LogP contribution is 2.34. The molecule has 0 aliphatic rings. The Morgan fingerprint density at radius 1 is 1.16 bits per heavy atom. The van der Waals surface area contributed by atoms with Crippen LogP contribution in [0.25, 0.3) is 0 Å². The highest BCUT2D eigenvalue weighted by atomic mass is 35.5. The van der Waals surface area contributed by atoms with E-state index in [1.807, 2.05) is 10.8 Å². The summed E-state index contributed by atoms with van der Waals surface area (Å²) in [5.41, 5.74) is 1.51. The van der Waals surface area contributed by atoms with E-state index in [1.54, 1.807) is 55.0 Å². The molecule has 3 rings (SSSR count). The maximum Gasteiger partial charge on any atom is 0.251 e. The normalized spacial score (nSPS) is 11.3. The number of hydrogen-bond donors (Lipinski definition) is 1. The number of benzene rings is 2. The molecule has 7 nitrogen and oxygen atoms in total. The van der Waals surface area contributed by atoms with Crippen molar-refractivity contribution in [3.8, 4) is 0 Å². The predicted molar refractivity (Wildman–Crippen MR) is 123 cm³/mol. The van der Waals surface area contributed by atoms with E-state index in [9.17, 15) is 13.2 Å². The molecule has 1 amide bonds. The summed E-state index contributed by atoms with van der Waals surface area (Å²) >= 11 is 12.3. The minimum absolute atomic E-state index is 0.0612. The van der Waals surface area contributed by atoms with Gasteiger partial charge in [0.1, 0.15) is 0 Å². The molecule has 0 aliphatic heterocycles. The number of halogens is 2. The number of anilines is 1. The molecule has 0 saturated heterocycles. The van der Waals surface area contributed by atoms with Gasteiger partial charge in [-0.05, 0) is 36.2 Å². The number of hydrogen-bond acceptors (Lipinski definition) is 4. The number of carbonyl (C=O) groups excluding carboxylic acids is 1. The fourth-order valence-corrected chi connectivity index (χ4v) is 4.32. The van der Waals surface area contributed by atoms with Crippen LogP contribution in [0.1, 0.15) is 22.3 Å². The summed E-state index contributed by atoms with van der Waals surface area (Å²) < 4.78 is 27.9. The number of sulfonamides is 1. The molecule has 3 aromatic rings. The summed E-state index contributed by atoms with van der Waals surface area (Å²) in [6.07, 6.45) is 7.21. The minimum atomic E-state index is -3.61. The summed E-state index contributed by atoms with van der Waals surface area (Å²) in [4.78, 5) is 16.3. The molecule has 164 valence electrons. The lowest BCUT2D eigenvalue weighted by Gasteiger charge is -2.24. The molecule has 0 fully saturated rings. The molecule has 1 N–H and O–H groups in total. The number of amides is 1. The van der Waals surface area contributed by atoms with Crippen molar-refractivity contribution in [2.75, 3.05) is 17.1 Å². The maximum absolute atomic E-state index is 12.4. The van der Waals surface area contributed by atoms with E-state index in [-0.39, 0.29) is 22.5 Å². The minimum Gasteiger partial charge on any atom is -0.352 e. The summed E-state index contributed by atoms with van der Waals surface area (Å²) in [6, 6.07) is 11.6. The molecule has 2 aromatic carbocycles. The lowest BCUT2D eigenvalue weighted by Crippen LogP contribution is -2.29. The van der Waals surface area contributed by atoms with Crippen molar-refractivity contribution in [1.29, 1.82) is 0 Å². The molecular formula is C21H22Cl2N4O3S. The zero-order valence-electron chi connectivity index (χ0n) is 16.8. The Bertz CT molecular complexity index is 1130. The van der Waals surface area contributed by atoms with E-state index in [1.165, 1.54) is 4.31 Å². The van der Waals surface area contributed by atoms with Gasteiger partial charge in [0.25, 0.3) is 5.91 Å². The zero-order chi connectivity index (χ0) is 22.4. The van der Waals surface area contributed by atoms with Crippen molar-refractivity contribution < 1.29 is 13.2 Å². The maximum atomic E-state index is 12.4. The zero-order valence-corrected chi connectivity index (χ0v) is 19.2. The molecular weight excluding hydrogens is 459 g/mol. The second kappa shape index (κ2) is 10.2. The van der Waals surface area contributed by atoms with Gasteiger partial charge < -0.3 is 9.88 Å². The van der Waals surface area contributed by atoms with E-state index >= 15 is 0 Å². The van der Waals surface area contributed by atoms with Gasteiger partial charge in [0.05, 0.1) is 34.9 Å². The van der Waals surface area contributed by atoms with E-state index in [0.29, 0.717) is 23.4 Å². The Morgan fingerprint density at radius 2 is 1.90 bits per heavy atom. The number of imidazole rings is 1. The Hall–Kier alpha value is -2.55. The molecule has 0 aliphatic carbocycles. The molecule has 31 heavy (non-hydrogen) atoms. The van der Waals surface area contributed by atoms with Gasteiger partial charge in [0, 0.05) is 31.0 Å². The number of nitrogens with one attached hydrogen (secondary N) is 1. The summed E-state index contributed by atoms with van der Waals surface area (Å²) in [7, 11) is -3.61. The second-order valence-corrected chi connectivity index (χ2v) is 9.64. The third-order valence-electron chi connectivity index (χ3n) is 4.58. The van der Waals surface area contributed by atoms with E-state index in [0.717, 1.165) is 19.2 Å².